The Labute approximate surface area is 115 Å². The van der Waals surface area contributed by atoms with Gasteiger partial charge in [0.05, 0.1) is 17.5 Å². The summed E-state index contributed by atoms with van der Waals surface area (Å²) in [6, 6.07) is 16.4. The Bertz CT molecular complexity index is 732. The number of aromatic nitrogens is 4. The fraction of sp³-hybridized carbons (Fsp3) is 0.125. The minimum Gasteiger partial charge on any atom is -0.342 e. The van der Waals surface area contributed by atoms with Gasteiger partial charge in [0.25, 0.3) is 5.82 Å². The van der Waals surface area contributed by atoms with Gasteiger partial charge in [0.2, 0.25) is 0 Å². The Hall–Kier alpha value is -2.62. The number of nitrogens with one attached hydrogen (secondary N) is 3. The second kappa shape index (κ2) is 4.49. The van der Waals surface area contributed by atoms with Crippen molar-refractivity contribution in [2.75, 3.05) is 0 Å². The van der Waals surface area contributed by atoms with E-state index in [2.05, 4.69) is 38.1 Å². The highest BCUT2D eigenvalue weighted by Gasteiger charge is 2.10. The summed E-state index contributed by atoms with van der Waals surface area (Å²) in [5.41, 5.74) is 4.42. The van der Waals surface area contributed by atoms with Crippen molar-refractivity contribution in [3.8, 4) is 0 Å². The number of hydrogen-bond acceptors (Lipinski definition) is 1. The molecular formula is C16H15N4+. The lowest BCUT2D eigenvalue weighted by Crippen LogP contribution is -2.08. The van der Waals surface area contributed by atoms with Crippen LogP contribution in [0.5, 0.6) is 0 Å². The summed E-state index contributed by atoms with van der Waals surface area (Å²) >= 11 is 0. The molecule has 0 bridgehead atoms. The maximum atomic E-state index is 4.60. The second-order valence-corrected chi connectivity index (χ2v) is 4.97. The molecule has 0 spiro atoms. The van der Waals surface area contributed by atoms with Crippen molar-refractivity contribution in [2.24, 2.45) is 0 Å². The molecule has 0 unspecified atom stereocenters. The van der Waals surface area contributed by atoms with E-state index in [0.717, 1.165) is 46.6 Å². The van der Waals surface area contributed by atoms with Crippen molar-refractivity contribution in [2.45, 2.75) is 12.8 Å². The molecule has 0 atom stereocenters. The van der Waals surface area contributed by atoms with Gasteiger partial charge >= 0.3 is 0 Å². The smallest absolute Gasteiger partial charge is 0.253 e. The molecule has 98 valence electrons. The van der Waals surface area contributed by atoms with E-state index in [1.165, 1.54) is 0 Å². The first-order chi connectivity index (χ1) is 9.88. The van der Waals surface area contributed by atoms with E-state index in [4.69, 9.17) is 0 Å². The summed E-state index contributed by atoms with van der Waals surface area (Å²) in [5, 5.41) is 0. The predicted octanol–water partition coefficient (Wildman–Crippen LogP) is 2.64. The normalized spacial score (nSPS) is 11.4. The van der Waals surface area contributed by atoms with E-state index >= 15 is 0 Å². The molecule has 3 N–H and O–H groups in total. The predicted molar refractivity (Wildman–Crippen MR) is 78.4 cm³/mol. The fourth-order valence-corrected chi connectivity index (χ4v) is 2.55. The summed E-state index contributed by atoms with van der Waals surface area (Å²) in [4.78, 5) is 14.8. The van der Waals surface area contributed by atoms with Gasteiger partial charge in [-0.2, -0.15) is 0 Å². The summed E-state index contributed by atoms with van der Waals surface area (Å²) in [6.07, 6.45) is 1.80. The number of hydrogen-bond donors (Lipinski definition) is 2. The van der Waals surface area contributed by atoms with Crippen LogP contribution in [0.25, 0.3) is 22.1 Å². The highest BCUT2D eigenvalue weighted by molar-refractivity contribution is 5.74. The molecule has 4 aromatic rings. The lowest BCUT2D eigenvalue weighted by atomic mass is 10.3. The summed E-state index contributed by atoms with van der Waals surface area (Å²) in [7, 11) is 0. The van der Waals surface area contributed by atoms with Crippen molar-refractivity contribution in [3.63, 3.8) is 0 Å². The molecule has 4 heteroatoms. The number of para-hydroxylation sites is 4. The van der Waals surface area contributed by atoms with Crippen molar-refractivity contribution >= 4 is 22.1 Å². The van der Waals surface area contributed by atoms with E-state index in [0.29, 0.717) is 0 Å². The van der Waals surface area contributed by atoms with Gasteiger partial charge in [-0.25, -0.2) is 15.0 Å². The van der Waals surface area contributed by atoms with E-state index in [1.54, 1.807) is 0 Å². The average Bonchev–Trinajstić information content (AvgIpc) is 3.07. The highest BCUT2D eigenvalue weighted by Crippen LogP contribution is 2.12. The van der Waals surface area contributed by atoms with Crippen LogP contribution in [0.2, 0.25) is 0 Å². The number of aryl methyl sites for hydroxylation is 2. The van der Waals surface area contributed by atoms with Crippen LogP contribution in [0.15, 0.2) is 48.5 Å². The van der Waals surface area contributed by atoms with Crippen LogP contribution >= 0.6 is 0 Å². The van der Waals surface area contributed by atoms with E-state index in [9.17, 15) is 0 Å². The number of H-pyrrole nitrogens is 3. The third-order valence-electron chi connectivity index (χ3n) is 3.55. The van der Waals surface area contributed by atoms with Gasteiger partial charge in [0.1, 0.15) is 5.82 Å². The molecule has 0 fully saturated rings. The zero-order chi connectivity index (χ0) is 13.4. The van der Waals surface area contributed by atoms with Crippen molar-refractivity contribution in [1.82, 2.24) is 15.0 Å². The fourth-order valence-electron chi connectivity index (χ4n) is 2.55. The zero-order valence-electron chi connectivity index (χ0n) is 11.0. The van der Waals surface area contributed by atoms with Gasteiger partial charge in [-0.05, 0) is 24.3 Å². The molecule has 0 saturated carbocycles. The molecule has 4 rings (SSSR count). The molecular weight excluding hydrogens is 248 g/mol. The first kappa shape index (κ1) is 11.2. The van der Waals surface area contributed by atoms with Crippen LogP contribution in [-0.4, -0.2) is 15.0 Å². The van der Waals surface area contributed by atoms with E-state index in [1.807, 2.05) is 30.3 Å². The number of aromatic amines is 3. The quantitative estimate of drug-likeness (QED) is 0.586. The Morgan fingerprint density at radius 3 is 2.50 bits per heavy atom. The van der Waals surface area contributed by atoms with Gasteiger partial charge in [-0.15, -0.1) is 0 Å². The highest BCUT2D eigenvalue weighted by atomic mass is 14.9. The van der Waals surface area contributed by atoms with Crippen LogP contribution < -0.4 is 4.98 Å². The second-order valence-electron chi connectivity index (χ2n) is 4.97. The van der Waals surface area contributed by atoms with Crippen LogP contribution in [0.1, 0.15) is 11.6 Å². The molecule has 0 aliphatic carbocycles. The number of benzene rings is 2. The zero-order valence-corrected chi connectivity index (χ0v) is 11.0. The lowest BCUT2D eigenvalue weighted by molar-refractivity contribution is -0.357. The van der Waals surface area contributed by atoms with Crippen LogP contribution in [0, 0.1) is 0 Å². The number of imidazole rings is 2. The third-order valence-corrected chi connectivity index (χ3v) is 3.55. The topological polar surface area (TPSA) is 58.6 Å². The van der Waals surface area contributed by atoms with Gasteiger partial charge < -0.3 is 4.98 Å². The molecule has 4 nitrogen and oxygen atoms in total. The summed E-state index contributed by atoms with van der Waals surface area (Å²) < 4.78 is 0. The molecule has 0 saturated heterocycles. The molecule has 0 radical (unpaired) electrons. The lowest BCUT2D eigenvalue weighted by Gasteiger charge is -1.89. The van der Waals surface area contributed by atoms with Gasteiger partial charge in [-0.3, -0.25) is 0 Å². The SMILES string of the molecule is c1ccc2[nH]c(CCc3[nH]c4ccccc4[nH+]3)nc2c1. The Morgan fingerprint density at radius 2 is 1.65 bits per heavy atom. The number of nitrogens with zero attached hydrogens (tertiary/aromatic N) is 1. The van der Waals surface area contributed by atoms with Crippen molar-refractivity contribution in [1.29, 1.82) is 0 Å². The van der Waals surface area contributed by atoms with Crippen LogP contribution in [0.4, 0.5) is 0 Å². The summed E-state index contributed by atoms with van der Waals surface area (Å²) in [5.74, 6) is 2.16. The molecule has 0 amide bonds. The third kappa shape index (κ3) is 1.95. The Balaban J connectivity index is 1.57. The molecule has 2 aromatic heterocycles. The van der Waals surface area contributed by atoms with E-state index in [-0.39, 0.29) is 0 Å². The van der Waals surface area contributed by atoms with Crippen LogP contribution in [-0.2, 0) is 12.8 Å². The molecule has 0 aliphatic heterocycles. The first-order valence-corrected chi connectivity index (χ1v) is 6.81. The van der Waals surface area contributed by atoms with Crippen LogP contribution in [0.3, 0.4) is 0 Å². The van der Waals surface area contributed by atoms with E-state index < -0.39 is 0 Å². The largest absolute Gasteiger partial charge is 0.342 e. The van der Waals surface area contributed by atoms with Gasteiger partial charge in [0, 0.05) is 6.42 Å². The minimum atomic E-state index is 0.887. The molecule has 0 aliphatic rings. The number of rotatable bonds is 3. The molecule has 2 aromatic carbocycles. The minimum absolute atomic E-state index is 0.887. The standard InChI is InChI=1S/C16H14N4/c1-2-6-12-11(5-1)17-15(18-12)9-10-16-19-13-7-3-4-8-14(13)20-16/h1-8H,9-10H2,(H,17,18)(H,19,20)/p+1. The monoisotopic (exact) mass is 263 g/mol. The van der Waals surface area contributed by atoms with Crippen molar-refractivity contribution in [3.05, 3.63) is 60.2 Å². The molecule has 20 heavy (non-hydrogen) atoms. The maximum Gasteiger partial charge on any atom is 0.253 e. The Morgan fingerprint density at radius 1 is 0.850 bits per heavy atom. The van der Waals surface area contributed by atoms with Crippen molar-refractivity contribution < 1.29 is 4.98 Å². The maximum absolute atomic E-state index is 4.60. The number of fused-ring (bicyclic) bond motifs is 2. The molecule has 2 heterocycles. The summed E-state index contributed by atoms with van der Waals surface area (Å²) in [6.45, 7) is 0. The van der Waals surface area contributed by atoms with Gasteiger partial charge in [0.15, 0.2) is 11.0 Å². The Kier molecular flexibility index (Phi) is 2.52. The first-order valence-electron chi connectivity index (χ1n) is 6.81. The average molecular weight is 263 g/mol. The van der Waals surface area contributed by atoms with Gasteiger partial charge in [-0.1, -0.05) is 24.3 Å².